The van der Waals surface area contributed by atoms with Gasteiger partial charge in [-0.25, -0.2) is 0 Å². The summed E-state index contributed by atoms with van der Waals surface area (Å²) in [4.78, 5) is 2.09. The van der Waals surface area contributed by atoms with Crippen LogP contribution >= 0.6 is 0 Å². The highest BCUT2D eigenvalue weighted by Crippen LogP contribution is 2.23. The molecule has 0 spiro atoms. The average Bonchev–Trinajstić information content (AvgIpc) is 2.35. The number of nitrogens with zero attached hydrogens (tertiary/aromatic N) is 1. The van der Waals surface area contributed by atoms with E-state index in [0.29, 0.717) is 12.3 Å². The van der Waals surface area contributed by atoms with Gasteiger partial charge in [0.1, 0.15) is 5.75 Å². The molecule has 5 heteroatoms. The third-order valence-corrected chi connectivity index (χ3v) is 2.51. The standard InChI is InChI=1S/C13H23N3O2/c1-16(2)7-9-18-8-6-15-13-10-11(17-3)4-5-12(13)14/h4-5,10,15H,6-9,14H2,1-3H3. The van der Waals surface area contributed by atoms with E-state index in [1.165, 1.54) is 0 Å². The fraction of sp³-hybridized carbons (Fsp3) is 0.538. The summed E-state index contributed by atoms with van der Waals surface area (Å²) in [6, 6.07) is 5.55. The minimum absolute atomic E-state index is 0.657. The normalized spacial score (nSPS) is 10.7. The van der Waals surface area contributed by atoms with Crippen LogP contribution in [-0.2, 0) is 4.74 Å². The van der Waals surface area contributed by atoms with E-state index in [1.807, 2.05) is 32.3 Å². The average molecular weight is 253 g/mol. The molecule has 3 N–H and O–H groups in total. The zero-order valence-corrected chi connectivity index (χ0v) is 11.4. The second-order valence-corrected chi connectivity index (χ2v) is 4.30. The second-order valence-electron chi connectivity index (χ2n) is 4.30. The first-order valence-electron chi connectivity index (χ1n) is 6.03. The molecular weight excluding hydrogens is 230 g/mol. The van der Waals surface area contributed by atoms with Crippen molar-refractivity contribution in [2.45, 2.75) is 0 Å². The van der Waals surface area contributed by atoms with E-state index in [1.54, 1.807) is 7.11 Å². The number of nitrogens with two attached hydrogens (primary N) is 1. The lowest BCUT2D eigenvalue weighted by Gasteiger charge is -2.12. The summed E-state index contributed by atoms with van der Waals surface area (Å²) in [5, 5.41) is 3.23. The zero-order valence-electron chi connectivity index (χ0n) is 11.4. The van der Waals surface area contributed by atoms with E-state index >= 15 is 0 Å². The quantitative estimate of drug-likeness (QED) is 0.539. The topological polar surface area (TPSA) is 59.8 Å². The summed E-state index contributed by atoms with van der Waals surface area (Å²) < 4.78 is 10.6. The zero-order chi connectivity index (χ0) is 13.4. The van der Waals surface area contributed by atoms with Gasteiger partial charge in [0.25, 0.3) is 0 Å². The van der Waals surface area contributed by atoms with Gasteiger partial charge in [-0.15, -0.1) is 0 Å². The summed E-state index contributed by atoms with van der Waals surface area (Å²) in [5.41, 5.74) is 7.45. The van der Waals surface area contributed by atoms with Gasteiger partial charge in [-0.05, 0) is 26.2 Å². The molecule has 0 aliphatic heterocycles. The Kier molecular flexibility index (Phi) is 6.32. The highest BCUT2D eigenvalue weighted by atomic mass is 16.5. The van der Waals surface area contributed by atoms with Crippen molar-refractivity contribution in [1.82, 2.24) is 4.90 Å². The highest BCUT2D eigenvalue weighted by molar-refractivity contribution is 5.68. The maximum Gasteiger partial charge on any atom is 0.121 e. The van der Waals surface area contributed by atoms with Crippen molar-refractivity contribution in [3.05, 3.63) is 18.2 Å². The van der Waals surface area contributed by atoms with Crippen molar-refractivity contribution in [1.29, 1.82) is 0 Å². The Morgan fingerprint density at radius 3 is 2.72 bits per heavy atom. The molecule has 5 nitrogen and oxygen atoms in total. The van der Waals surface area contributed by atoms with E-state index < -0.39 is 0 Å². The molecule has 0 atom stereocenters. The number of hydrogen-bond acceptors (Lipinski definition) is 5. The summed E-state index contributed by atoms with van der Waals surface area (Å²) >= 11 is 0. The molecule has 0 radical (unpaired) electrons. The van der Waals surface area contributed by atoms with Crippen LogP contribution in [0.5, 0.6) is 5.75 Å². The fourth-order valence-corrected chi connectivity index (χ4v) is 1.42. The van der Waals surface area contributed by atoms with Gasteiger partial charge in [0, 0.05) is 19.2 Å². The molecular formula is C13H23N3O2. The van der Waals surface area contributed by atoms with Gasteiger partial charge < -0.3 is 25.4 Å². The summed E-state index contributed by atoms with van der Waals surface area (Å²) in [5.74, 6) is 0.792. The van der Waals surface area contributed by atoms with Gasteiger partial charge in [-0.1, -0.05) is 0 Å². The van der Waals surface area contributed by atoms with Gasteiger partial charge in [0.15, 0.2) is 0 Å². The van der Waals surface area contributed by atoms with E-state index in [-0.39, 0.29) is 0 Å². The van der Waals surface area contributed by atoms with Crippen molar-refractivity contribution in [3.8, 4) is 5.75 Å². The molecule has 0 saturated carbocycles. The van der Waals surface area contributed by atoms with Crippen LogP contribution in [0.2, 0.25) is 0 Å². The number of rotatable bonds is 8. The third kappa shape index (κ3) is 5.25. The smallest absolute Gasteiger partial charge is 0.121 e. The minimum Gasteiger partial charge on any atom is -0.497 e. The Morgan fingerprint density at radius 1 is 1.28 bits per heavy atom. The Hall–Kier alpha value is -1.46. The molecule has 1 aromatic carbocycles. The predicted octanol–water partition coefficient (Wildman–Crippen LogP) is 1.27. The lowest BCUT2D eigenvalue weighted by molar-refractivity contribution is 0.126. The first-order chi connectivity index (χ1) is 8.63. The van der Waals surface area contributed by atoms with Crippen LogP contribution in [0.3, 0.4) is 0 Å². The molecule has 1 rings (SSSR count). The molecule has 0 fully saturated rings. The largest absolute Gasteiger partial charge is 0.497 e. The van der Waals surface area contributed by atoms with Crippen LogP contribution in [0.1, 0.15) is 0 Å². The van der Waals surface area contributed by atoms with Crippen LogP contribution in [0.4, 0.5) is 11.4 Å². The molecule has 0 unspecified atom stereocenters. The lowest BCUT2D eigenvalue weighted by atomic mass is 10.2. The summed E-state index contributed by atoms with van der Waals surface area (Å²) in [7, 11) is 5.69. The maximum atomic E-state index is 5.86. The predicted molar refractivity (Wildman–Crippen MR) is 75.3 cm³/mol. The number of benzene rings is 1. The second kappa shape index (κ2) is 7.79. The van der Waals surface area contributed by atoms with Gasteiger partial charge in [0.2, 0.25) is 0 Å². The monoisotopic (exact) mass is 253 g/mol. The van der Waals surface area contributed by atoms with Crippen molar-refractivity contribution < 1.29 is 9.47 Å². The first-order valence-corrected chi connectivity index (χ1v) is 6.03. The van der Waals surface area contributed by atoms with Crippen LogP contribution in [-0.4, -0.2) is 52.4 Å². The fourth-order valence-electron chi connectivity index (χ4n) is 1.42. The number of ether oxygens (including phenoxy) is 2. The van der Waals surface area contributed by atoms with Gasteiger partial charge in [-0.3, -0.25) is 0 Å². The molecule has 1 aromatic rings. The van der Waals surface area contributed by atoms with Crippen LogP contribution in [0, 0.1) is 0 Å². The molecule has 102 valence electrons. The summed E-state index contributed by atoms with van der Waals surface area (Å²) in [6.45, 7) is 3.05. The Bertz CT molecular complexity index is 356. The number of likely N-dealkylation sites (N-methyl/N-ethyl adjacent to an activating group) is 1. The van der Waals surface area contributed by atoms with Crippen LogP contribution in [0.15, 0.2) is 18.2 Å². The van der Waals surface area contributed by atoms with E-state index in [9.17, 15) is 0 Å². The molecule has 18 heavy (non-hydrogen) atoms. The van der Waals surface area contributed by atoms with E-state index in [4.69, 9.17) is 15.2 Å². The Balaban J connectivity index is 2.26. The van der Waals surface area contributed by atoms with Crippen molar-refractivity contribution in [3.63, 3.8) is 0 Å². The maximum absolute atomic E-state index is 5.86. The number of nitrogen functional groups attached to an aromatic ring is 1. The van der Waals surface area contributed by atoms with E-state index in [2.05, 4.69) is 10.2 Å². The van der Waals surface area contributed by atoms with Crippen LogP contribution in [0.25, 0.3) is 0 Å². The minimum atomic E-state index is 0.657. The molecule has 0 heterocycles. The summed E-state index contributed by atoms with van der Waals surface area (Å²) in [6.07, 6.45) is 0. The number of anilines is 2. The molecule has 0 aliphatic rings. The number of nitrogens with one attached hydrogen (secondary N) is 1. The van der Waals surface area contributed by atoms with Gasteiger partial charge in [-0.2, -0.15) is 0 Å². The van der Waals surface area contributed by atoms with Gasteiger partial charge in [0.05, 0.1) is 31.7 Å². The molecule has 0 amide bonds. The SMILES string of the molecule is COc1ccc(N)c(NCCOCCN(C)C)c1. The molecule has 0 aromatic heterocycles. The van der Waals surface area contributed by atoms with Gasteiger partial charge >= 0.3 is 0 Å². The van der Waals surface area contributed by atoms with Crippen molar-refractivity contribution in [2.24, 2.45) is 0 Å². The van der Waals surface area contributed by atoms with Crippen molar-refractivity contribution in [2.75, 3.05) is 58.6 Å². The third-order valence-electron chi connectivity index (χ3n) is 2.51. The Morgan fingerprint density at radius 2 is 2.06 bits per heavy atom. The lowest BCUT2D eigenvalue weighted by Crippen LogP contribution is -2.20. The van der Waals surface area contributed by atoms with Crippen LogP contribution < -0.4 is 15.8 Å². The number of methoxy groups -OCH3 is 1. The first kappa shape index (κ1) is 14.6. The highest BCUT2D eigenvalue weighted by Gasteiger charge is 2.00. The molecule has 0 saturated heterocycles. The van der Waals surface area contributed by atoms with Crippen molar-refractivity contribution >= 4 is 11.4 Å². The molecule has 0 aliphatic carbocycles. The molecule has 0 bridgehead atoms. The Labute approximate surface area is 109 Å². The van der Waals surface area contributed by atoms with E-state index in [0.717, 1.165) is 31.1 Å². The number of hydrogen-bond donors (Lipinski definition) is 2.